The third-order valence-electron chi connectivity index (χ3n) is 6.21. The average molecular weight is 450 g/mol. The van der Waals surface area contributed by atoms with Gasteiger partial charge >= 0.3 is 0 Å². The van der Waals surface area contributed by atoms with Crippen molar-refractivity contribution in [2.75, 3.05) is 31.1 Å². The number of hydrogen-bond acceptors (Lipinski definition) is 5. The Kier molecular flexibility index (Phi) is 5.28. The lowest BCUT2D eigenvalue weighted by Gasteiger charge is -2.36. The molecule has 2 saturated heterocycles. The first-order valence-electron chi connectivity index (χ1n) is 10.6. The molecular formula is C24H23N3O4S. The SMILES string of the molecule is O=C1C[C@H](N2CCN(S(=O)(=O)c3ccccc3)CC2)C(=O)N1c1ccc2ccccc2c1. The maximum absolute atomic E-state index is 13.2. The van der Waals surface area contributed by atoms with Gasteiger partial charge in [0.15, 0.2) is 0 Å². The number of carbonyl (C=O) groups is 2. The molecule has 2 fully saturated rings. The van der Waals surface area contributed by atoms with Gasteiger partial charge in [0.25, 0.3) is 5.91 Å². The van der Waals surface area contributed by atoms with Crippen molar-refractivity contribution in [3.05, 3.63) is 72.8 Å². The Morgan fingerprint density at radius 2 is 1.41 bits per heavy atom. The second kappa shape index (κ2) is 8.12. The van der Waals surface area contributed by atoms with E-state index in [4.69, 9.17) is 0 Å². The van der Waals surface area contributed by atoms with Crippen LogP contribution in [0.2, 0.25) is 0 Å². The van der Waals surface area contributed by atoms with E-state index in [0.29, 0.717) is 18.8 Å². The van der Waals surface area contributed by atoms with Crippen LogP contribution in [-0.2, 0) is 19.6 Å². The van der Waals surface area contributed by atoms with Gasteiger partial charge in [-0.05, 0) is 35.0 Å². The normalized spacial score (nSPS) is 20.9. The molecule has 2 aliphatic rings. The summed E-state index contributed by atoms with van der Waals surface area (Å²) in [5.74, 6) is -0.473. The number of nitrogens with zero attached hydrogens (tertiary/aromatic N) is 3. The van der Waals surface area contributed by atoms with Crippen LogP contribution < -0.4 is 4.90 Å². The monoisotopic (exact) mass is 449 g/mol. The fourth-order valence-electron chi connectivity index (χ4n) is 4.49. The number of carbonyl (C=O) groups excluding carboxylic acids is 2. The number of amides is 2. The highest BCUT2D eigenvalue weighted by atomic mass is 32.2. The van der Waals surface area contributed by atoms with Gasteiger partial charge in [-0.1, -0.05) is 48.5 Å². The summed E-state index contributed by atoms with van der Waals surface area (Å²) in [6.45, 7) is 1.37. The lowest BCUT2D eigenvalue weighted by molar-refractivity contribution is -0.123. The standard InChI is InChI=1S/C24H23N3O4S/c28-23-17-22(24(29)27(23)20-11-10-18-6-4-5-7-19(18)16-20)25-12-14-26(15-13-25)32(30,31)21-8-2-1-3-9-21/h1-11,16,22H,12-15,17H2/t22-/m0/s1. The molecular weight excluding hydrogens is 426 g/mol. The molecule has 32 heavy (non-hydrogen) atoms. The lowest BCUT2D eigenvalue weighted by Crippen LogP contribution is -2.53. The van der Waals surface area contributed by atoms with Crippen molar-refractivity contribution in [2.24, 2.45) is 0 Å². The number of benzene rings is 3. The van der Waals surface area contributed by atoms with Crippen molar-refractivity contribution in [3.8, 4) is 0 Å². The number of rotatable bonds is 4. The van der Waals surface area contributed by atoms with Crippen LogP contribution in [0.15, 0.2) is 77.7 Å². The van der Waals surface area contributed by atoms with Gasteiger partial charge in [-0.25, -0.2) is 13.3 Å². The number of hydrogen-bond donors (Lipinski definition) is 0. The topological polar surface area (TPSA) is 78.0 Å². The van der Waals surface area contributed by atoms with Crippen LogP contribution in [0.1, 0.15) is 6.42 Å². The van der Waals surface area contributed by atoms with Gasteiger partial charge < -0.3 is 0 Å². The maximum atomic E-state index is 13.2. The van der Waals surface area contributed by atoms with E-state index < -0.39 is 16.1 Å². The third-order valence-corrected chi connectivity index (χ3v) is 8.12. The van der Waals surface area contributed by atoms with E-state index in [1.165, 1.54) is 9.21 Å². The maximum Gasteiger partial charge on any atom is 0.251 e. The summed E-state index contributed by atoms with van der Waals surface area (Å²) in [5.41, 5.74) is 0.575. The van der Waals surface area contributed by atoms with Crippen LogP contribution in [-0.4, -0.2) is 61.7 Å². The smallest absolute Gasteiger partial charge is 0.251 e. The van der Waals surface area contributed by atoms with Crippen LogP contribution in [0.4, 0.5) is 5.69 Å². The van der Waals surface area contributed by atoms with Crippen LogP contribution in [0.3, 0.4) is 0 Å². The van der Waals surface area contributed by atoms with Gasteiger partial charge in [0.2, 0.25) is 15.9 Å². The fourth-order valence-corrected chi connectivity index (χ4v) is 5.93. The number of fused-ring (bicyclic) bond motifs is 1. The lowest BCUT2D eigenvalue weighted by atomic mass is 10.1. The molecule has 0 aromatic heterocycles. The summed E-state index contributed by atoms with van der Waals surface area (Å²) in [5, 5.41) is 2.01. The number of anilines is 1. The van der Waals surface area contributed by atoms with Crippen molar-refractivity contribution in [3.63, 3.8) is 0 Å². The van der Waals surface area contributed by atoms with E-state index in [-0.39, 0.29) is 36.2 Å². The highest BCUT2D eigenvalue weighted by molar-refractivity contribution is 7.89. The summed E-state index contributed by atoms with van der Waals surface area (Å²) in [7, 11) is -3.56. The Balaban J connectivity index is 1.30. The summed E-state index contributed by atoms with van der Waals surface area (Å²) in [6, 6.07) is 21.2. The van der Waals surface area contributed by atoms with E-state index in [1.54, 1.807) is 36.4 Å². The summed E-state index contributed by atoms with van der Waals surface area (Å²) < 4.78 is 27.2. The number of piperazine rings is 1. The van der Waals surface area contributed by atoms with Gasteiger partial charge in [-0.15, -0.1) is 0 Å². The van der Waals surface area contributed by atoms with Crippen LogP contribution >= 0.6 is 0 Å². The molecule has 0 aliphatic carbocycles. The Morgan fingerprint density at radius 3 is 2.12 bits per heavy atom. The molecule has 2 amide bonds. The summed E-state index contributed by atoms with van der Waals surface area (Å²) >= 11 is 0. The third kappa shape index (κ3) is 3.60. The van der Waals surface area contributed by atoms with Gasteiger partial charge in [0.1, 0.15) is 0 Å². The molecule has 0 N–H and O–H groups in total. The molecule has 1 atom stereocenters. The van der Waals surface area contributed by atoms with Crippen molar-refractivity contribution < 1.29 is 18.0 Å². The molecule has 0 radical (unpaired) electrons. The molecule has 164 valence electrons. The zero-order chi connectivity index (χ0) is 22.3. The molecule has 0 unspecified atom stereocenters. The Morgan fingerprint density at radius 1 is 0.750 bits per heavy atom. The molecule has 3 aromatic carbocycles. The molecule has 0 spiro atoms. The Labute approximate surface area is 186 Å². The van der Waals surface area contributed by atoms with Gasteiger partial charge in [-0.3, -0.25) is 14.5 Å². The van der Waals surface area contributed by atoms with Crippen LogP contribution in [0.25, 0.3) is 10.8 Å². The highest BCUT2D eigenvalue weighted by Gasteiger charge is 2.44. The molecule has 2 aliphatic heterocycles. The Hall–Kier alpha value is -3.07. The van der Waals surface area contributed by atoms with Crippen molar-refractivity contribution in [1.82, 2.24) is 9.21 Å². The first kappa shape index (κ1) is 20.8. The predicted octanol–water partition coefficient (Wildman–Crippen LogP) is 2.48. The van der Waals surface area contributed by atoms with E-state index in [2.05, 4.69) is 0 Å². The molecule has 0 bridgehead atoms. The van der Waals surface area contributed by atoms with Crippen molar-refractivity contribution in [1.29, 1.82) is 0 Å². The molecule has 8 heteroatoms. The summed E-state index contributed by atoms with van der Waals surface area (Å²) in [4.78, 5) is 29.4. The second-order valence-electron chi connectivity index (χ2n) is 8.07. The van der Waals surface area contributed by atoms with E-state index in [9.17, 15) is 18.0 Å². The van der Waals surface area contributed by atoms with E-state index in [1.807, 2.05) is 41.3 Å². The molecule has 2 heterocycles. The van der Waals surface area contributed by atoms with Crippen molar-refractivity contribution >= 4 is 38.3 Å². The zero-order valence-corrected chi connectivity index (χ0v) is 18.2. The van der Waals surface area contributed by atoms with E-state index >= 15 is 0 Å². The Bertz CT molecular complexity index is 1280. The van der Waals surface area contributed by atoms with Gasteiger partial charge in [0, 0.05) is 26.2 Å². The average Bonchev–Trinajstić information content (AvgIpc) is 3.13. The summed E-state index contributed by atoms with van der Waals surface area (Å²) in [6.07, 6.45) is 0.108. The zero-order valence-electron chi connectivity index (χ0n) is 17.4. The fraction of sp³-hybridized carbons (Fsp3) is 0.250. The molecule has 5 rings (SSSR count). The quantitative estimate of drug-likeness (QED) is 0.572. The minimum Gasteiger partial charge on any atom is -0.289 e. The first-order chi connectivity index (χ1) is 15.4. The minimum absolute atomic E-state index is 0.108. The molecule has 0 saturated carbocycles. The minimum atomic E-state index is -3.56. The first-order valence-corrected chi connectivity index (χ1v) is 12.0. The number of imide groups is 1. The van der Waals surface area contributed by atoms with Crippen molar-refractivity contribution in [2.45, 2.75) is 17.4 Å². The predicted molar refractivity (Wildman–Crippen MR) is 122 cm³/mol. The van der Waals surface area contributed by atoms with Gasteiger partial charge in [0.05, 0.1) is 23.0 Å². The number of sulfonamides is 1. The van der Waals surface area contributed by atoms with E-state index in [0.717, 1.165) is 10.8 Å². The second-order valence-corrected chi connectivity index (χ2v) is 10.0. The largest absolute Gasteiger partial charge is 0.289 e. The molecule has 7 nitrogen and oxygen atoms in total. The van der Waals surface area contributed by atoms with Gasteiger partial charge in [-0.2, -0.15) is 4.31 Å². The highest BCUT2D eigenvalue weighted by Crippen LogP contribution is 2.29. The van der Waals surface area contributed by atoms with Crippen LogP contribution in [0.5, 0.6) is 0 Å². The van der Waals surface area contributed by atoms with Crippen LogP contribution in [0, 0.1) is 0 Å². The molecule has 3 aromatic rings.